The highest BCUT2D eigenvalue weighted by molar-refractivity contribution is 8.00. The Kier molecular flexibility index (Phi) is 5.27. The zero-order chi connectivity index (χ0) is 22.2. The summed E-state index contributed by atoms with van der Waals surface area (Å²) in [6, 6.07) is 20.4. The van der Waals surface area contributed by atoms with E-state index in [0.29, 0.717) is 17.5 Å². The maximum absolute atomic E-state index is 12.7. The molecular weight excluding hydrogens is 418 g/mol. The van der Waals surface area contributed by atoms with Crippen molar-refractivity contribution in [1.82, 2.24) is 19.7 Å². The van der Waals surface area contributed by atoms with Crippen LogP contribution in [0.4, 0.5) is 5.82 Å². The Labute approximate surface area is 191 Å². The summed E-state index contributed by atoms with van der Waals surface area (Å²) in [5.41, 5.74) is 6.81. The van der Waals surface area contributed by atoms with Gasteiger partial charge >= 0.3 is 0 Å². The van der Waals surface area contributed by atoms with Gasteiger partial charge in [0.2, 0.25) is 5.91 Å². The molecule has 0 aliphatic carbocycles. The number of anilines is 1. The van der Waals surface area contributed by atoms with E-state index in [0.717, 1.165) is 33.8 Å². The lowest BCUT2D eigenvalue weighted by Crippen LogP contribution is -2.17. The average molecular weight is 442 g/mol. The van der Waals surface area contributed by atoms with Crippen molar-refractivity contribution in [1.29, 1.82) is 0 Å². The summed E-state index contributed by atoms with van der Waals surface area (Å²) in [5.74, 6) is 1.39. The van der Waals surface area contributed by atoms with Crippen molar-refractivity contribution in [3.05, 3.63) is 88.7 Å². The van der Waals surface area contributed by atoms with Crippen LogP contribution in [0, 0.1) is 20.8 Å². The van der Waals surface area contributed by atoms with Crippen LogP contribution < -0.4 is 5.32 Å². The highest BCUT2D eigenvalue weighted by atomic mass is 32.2. The number of carbonyl (C=O) groups is 1. The highest BCUT2D eigenvalue weighted by Gasteiger charge is 2.33. The molecule has 0 saturated heterocycles. The van der Waals surface area contributed by atoms with Crippen molar-refractivity contribution in [3.63, 3.8) is 0 Å². The SMILES string of the molecule is Cc1cccc(C2SCC(=O)Nc3c2c(-c2ccccc2)nn3-c2nc(C)cc(C)n2)c1. The molecule has 0 fully saturated rings. The molecule has 1 aliphatic heterocycles. The van der Waals surface area contributed by atoms with Crippen LogP contribution in [0.5, 0.6) is 0 Å². The minimum Gasteiger partial charge on any atom is -0.309 e. The first-order valence-electron chi connectivity index (χ1n) is 10.5. The van der Waals surface area contributed by atoms with Crippen LogP contribution in [0.1, 0.15) is 33.3 Å². The normalized spacial score (nSPS) is 15.7. The van der Waals surface area contributed by atoms with Crippen molar-refractivity contribution >= 4 is 23.5 Å². The van der Waals surface area contributed by atoms with Gasteiger partial charge in [0, 0.05) is 22.5 Å². The van der Waals surface area contributed by atoms with Gasteiger partial charge in [-0.1, -0.05) is 60.2 Å². The third-order valence-corrected chi connectivity index (χ3v) is 6.65. The third kappa shape index (κ3) is 3.80. The summed E-state index contributed by atoms with van der Waals surface area (Å²) in [6.45, 7) is 5.95. The molecular formula is C25H23N5OS. The first-order valence-corrected chi connectivity index (χ1v) is 11.5. The number of nitrogens with one attached hydrogen (secondary N) is 1. The first-order chi connectivity index (χ1) is 15.5. The number of aromatic nitrogens is 4. The van der Waals surface area contributed by atoms with Gasteiger partial charge in [0.1, 0.15) is 5.82 Å². The van der Waals surface area contributed by atoms with Crippen LogP contribution in [0.3, 0.4) is 0 Å². The Hall–Kier alpha value is -3.45. The Bertz CT molecular complexity index is 1300. The zero-order valence-corrected chi connectivity index (χ0v) is 19.0. The molecule has 5 rings (SSSR count). The number of rotatable bonds is 3. The molecule has 1 amide bonds. The Morgan fingerprint density at radius 2 is 1.72 bits per heavy atom. The van der Waals surface area contributed by atoms with Crippen LogP contribution in [-0.4, -0.2) is 31.4 Å². The zero-order valence-electron chi connectivity index (χ0n) is 18.2. The van der Waals surface area contributed by atoms with Gasteiger partial charge in [0.05, 0.1) is 16.7 Å². The number of amides is 1. The van der Waals surface area contributed by atoms with E-state index >= 15 is 0 Å². The second-order valence-electron chi connectivity index (χ2n) is 7.99. The Morgan fingerprint density at radius 1 is 0.969 bits per heavy atom. The van der Waals surface area contributed by atoms with Crippen molar-refractivity contribution < 1.29 is 4.79 Å². The van der Waals surface area contributed by atoms with Crippen LogP contribution in [0.15, 0.2) is 60.7 Å². The van der Waals surface area contributed by atoms with Gasteiger partial charge in [0.25, 0.3) is 5.95 Å². The molecule has 2 aromatic carbocycles. The number of benzene rings is 2. The summed E-state index contributed by atoms with van der Waals surface area (Å²) in [7, 11) is 0. The van der Waals surface area contributed by atoms with E-state index in [-0.39, 0.29) is 11.2 Å². The molecule has 1 atom stereocenters. The molecule has 0 radical (unpaired) electrons. The van der Waals surface area contributed by atoms with E-state index in [1.807, 2.05) is 50.2 Å². The molecule has 1 N–H and O–H groups in total. The quantitative estimate of drug-likeness (QED) is 0.483. The second kappa shape index (κ2) is 8.24. The number of hydrogen-bond acceptors (Lipinski definition) is 5. The van der Waals surface area contributed by atoms with Crippen molar-refractivity contribution in [2.75, 3.05) is 11.1 Å². The van der Waals surface area contributed by atoms with E-state index in [4.69, 9.17) is 5.10 Å². The van der Waals surface area contributed by atoms with E-state index in [1.165, 1.54) is 5.56 Å². The fourth-order valence-corrected chi connectivity index (χ4v) is 5.18. The predicted molar refractivity (Wildman–Crippen MR) is 128 cm³/mol. The lowest BCUT2D eigenvalue weighted by atomic mass is 9.99. The molecule has 4 aromatic rings. The number of thioether (sulfide) groups is 1. The fraction of sp³-hybridized carbons (Fsp3) is 0.200. The van der Waals surface area contributed by atoms with Gasteiger partial charge in [-0.15, -0.1) is 11.8 Å². The molecule has 32 heavy (non-hydrogen) atoms. The number of nitrogens with zero attached hydrogens (tertiary/aromatic N) is 4. The molecule has 0 bridgehead atoms. The van der Waals surface area contributed by atoms with Gasteiger partial charge < -0.3 is 5.32 Å². The largest absolute Gasteiger partial charge is 0.309 e. The molecule has 2 aromatic heterocycles. The van der Waals surface area contributed by atoms with E-state index < -0.39 is 0 Å². The maximum atomic E-state index is 12.7. The van der Waals surface area contributed by atoms with Gasteiger partial charge in [0.15, 0.2) is 0 Å². The van der Waals surface area contributed by atoms with Crippen molar-refractivity contribution in [2.45, 2.75) is 26.0 Å². The topological polar surface area (TPSA) is 72.7 Å². The molecule has 6 nitrogen and oxygen atoms in total. The van der Waals surface area contributed by atoms with Crippen LogP contribution >= 0.6 is 11.8 Å². The van der Waals surface area contributed by atoms with Crippen molar-refractivity contribution in [2.24, 2.45) is 0 Å². The Morgan fingerprint density at radius 3 is 2.44 bits per heavy atom. The molecule has 3 heterocycles. The molecule has 1 unspecified atom stereocenters. The van der Waals surface area contributed by atoms with Crippen molar-refractivity contribution in [3.8, 4) is 17.2 Å². The van der Waals surface area contributed by atoms with Gasteiger partial charge in [-0.2, -0.15) is 9.78 Å². The minimum absolute atomic E-state index is 0.0567. The van der Waals surface area contributed by atoms with E-state index in [9.17, 15) is 4.79 Å². The predicted octanol–water partition coefficient (Wildman–Crippen LogP) is 5.03. The van der Waals surface area contributed by atoms with Gasteiger partial charge in [-0.25, -0.2) is 9.97 Å². The summed E-state index contributed by atoms with van der Waals surface area (Å²) in [4.78, 5) is 22.0. The summed E-state index contributed by atoms with van der Waals surface area (Å²) < 4.78 is 1.68. The van der Waals surface area contributed by atoms with Gasteiger partial charge in [-0.05, 0) is 32.4 Å². The second-order valence-corrected chi connectivity index (χ2v) is 9.09. The molecule has 0 saturated carbocycles. The molecule has 0 spiro atoms. The van der Waals surface area contributed by atoms with Gasteiger partial charge in [-0.3, -0.25) is 4.79 Å². The smallest absolute Gasteiger partial charge is 0.252 e. The lowest BCUT2D eigenvalue weighted by molar-refractivity contribution is -0.113. The molecule has 160 valence electrons. The molecule has 7 heteroatoms. The fourth-order valence-electron chi connectivity index (χ4n) is 4.06. The Balaban J connectivity index is 1.81. The number of fused-ring (bicyclic) bond motifs is 1. The number of hydrogen-bond donors (Lipinski definition) is 1. The van der Waals surface area contributed by atoms with E-state index in [2.05, 4.69) is 46.5 Å². The summed E-state index contributed by atoms with van der Waals surface area (Å²) in [5, 5.41) is 7.99. The number of aryl methyl sites for hydroxylation is 3. The standard InChI is InChI=1S/C25H23N5OS/c1-15-8-7-11-19(12-15)23-21-22(18-9-5-4-6-10-18)29-30(24(21)28-20(31)14-32-23)25-26-16(2)13-17(3)27-25/h4-13,23H,14H2,1-3H3,(H,28,31). The van der Waals surface area contributed by atoms with Crippen LogP contribution in [-0.2, 0) is 4.79 Å². The minimum atomic E-state index is -0.0588. The monoisotopic (exact) mass is 441 g/mol. The molecule has 1 aliphatic rings. The first kappa shape index (κ1) is 20.5. The summed E-state index contributed by atoms with van der Waals surface area (Å²) in [6.07, 6.45) is 0. The lowest BCUT2D eigenvalue weighted by Gasteiger charge is -2.16. The highest BCUT2D eigenvalue weighted by Crippen LogP contribution is 2.46. The maximum Gasteiger partial charge on any atom is 0.252 e. The van der Waals surface area contributed by atoms with Crippen LogP contribution in [0.25, 0.3) is 17.2 Å². The average Bonchev–Trinajstić information content (AvgIpc) is 3.04. The number of carbonyl (C=O) groups excluding carboxylic acids is 1. The third-order valence-electron chi connectivity index (χ3n) is 5.38. The van der Waals surface area contributed by atoms with Crippen LogP contribution in [0.2, 0.25) is 0 Å². The summed E-state index contributed by atoms with van der Waals surface area (Å²) >= 11 is 1.61. The van der Waals surface area contributed by atoms with E-state index in [1.54, 1.807) is 16.4 Å².